The van der Waals surface area contributed by atoms with E-state index in [9.17, 15) is 14.4 Å². The highest BCUT2D eigenvalue weighted by molar-refractivity contribution is 5.95. The topological polar surface area (TPSA) is 134 Å². The van der Waals surface area contributed by atoms with Crippen LogP contribution < -0.4 is 15.5 Å². The molecule has 5 rings (SSSR count). The van der Waals surface area contributed by atoms with Crippen molar-refractivity contribution in [3.8, 4) is 5.75 Å². The number of nitrogens with zero attached hydrogens (tertiary/aromatic N) is 2. The van der Waals surface area contributed by atoms with Crippen molar-refractivity contribution in [2.75, 3.05) is 13.1 Å². The second-order valence-electron chi connectivity index (χ2n) is 9.52. The highest BCUT2D eigenvalue weighted by atomic mass is 16.5. The Hall–Kier alpha value is -4.70. The Labute approximate surface area is 224 Å². The zero-order valence-corrected chi connectivity index (χ0v) is 21.3. The molecule has 2 atom stereocenters. The molecule has 0 unspecified atom stereocenters. The van der Waals surface area contributed by atoms with Crippen LogP contribution in [0.25, 0.3) is 10.9 Å². The maximum atomic E-state index is 13.1. The van der Waals surface area contributed by atoms with Gasteiger partial charge in [-0.05, 0) is 55.5 Å². The predicted octanol–water partition coefficient (Wildman–Crippen LogP) is 3.48. The molecule has 0 bridgehead atoms. The van der Waals surface area contributed by atoms with Crippen LogP contribution in [0.5, 0.6) is 5.75 Å². The Morgan fingerprint density at radius 3 is 2.62 bits per heavy atom. The quantitative estimate of drug-likeness (QED) is 0.235. The smallest absolute Gasteiger partial charge is 0.289 e. The van der Waals surface area contributed by atoms with Crippen molar-refractivity contribution in [1.82, 2.24) is 20.7 Å². The Bertz CT molecular complexity index is 1490. The van der Waals surface area contributed by atoms with Gasteiger partial charge in [-0.15, -0.1) is 0 Å². The van der Waals surface area contributed by atoms with Crippen LogP contribution in [0, 0.1) is 12.8 Å². The fourth-order valence-electron chi connectivity index (χ4n) is 4.88. The van der Waals surface area contributed by atoms with Gasteiger partial charge in [0.1, 0.15) is 12.4 Å². The lowest BCUT2D eigenvalue weighted by atomic mass is 9.99. The van der Waals surface area contributed by atoms with Crippen molar-refractivity contribution >= 4 is 28.6 Å². The third-order valence-electron chi connectivity index (χ3n) is 6.79. The van der Waals surface area contributed by atoms with Crippen molar-refractivity contribution in [2.24, 2.45) is 5.92 Å². The number of para-hydroxylation sites is 1. The zero-order valence-electron chi connectivity index (χ0n) is 21.3. The molecular weight excluding hydrogens is 500 g/mol. The minimum Gasteiger partial charge on any atom is -0.489 e. The number of aryl methyl sites for hydroxylation is 1. The van der Waals surface area contributed by atoms with Crippen LogP contribution in [0.4, 0.5) is 0 Å². The Morgan fingerprint density at radius 2 is 1.87 bits per heavy atom. The number of aromatic nitrogens is 1. The van der Waals surface area contributed by atoms with E-state index in [4.69, 9.17) is 14.4 Å². The molecule has 3 heterocycles. The Morgan fingerprint density at radius 1 is 1.08 bits per heavy atom. The van der Waals surface area contributed by atoms with Crippen molar-refractivity contribution in [1.29, 1.82) is 0 Å². The van der Waals surface area contributed by atoms with Crippen LogP contribution >= 0.6 is 0 Å². The van der Waals surface area contributed by atoms with E-state index in [0.29, 0.717) is 17.9 Å². The summed E-state index contributed by atoms with van der Waals surface area (Å²) in [4.78, 5) is 43.7. The maximum absolute atomic E-state index is 13.1. The van der Waals surface area contributed by atoms with E-state index in [2.05, 4.69) is 10.3 Å². The van der Waals surface area contributed by atoms with Gasteiger partial charge in [0.2, 0.25) is 5.91 Å². The van der Waals surface area contributed by atoms with Gasteiger partial charge in [0.05, 0.1) is 17.8 Å². The molecule has 4 aromatic rings. The van der Waals surface area contributed by atoms with Crippen molar-refractivity contribution in [3.05, 3.63) is 95.6 Å². The number of nitrogens with one attached hydrogen (secondary N) is 2. The predicted molar refractivity (Wildman–Crippen MR) is 141 cm³/mol. The van der Waals surface area contributed by atoms with E-state index >= 15 is 0 Å². The number of furan rings is 1. The molecule has 3 N–H and O–H groups in total. The van der Waals surface area contributed by atoms with E-state index in [1.54, 1.807) is 41.9 Å². The average molecular weight is 529 g/mol. The first-order valence-electron chi connectivity index (χ1n) is 12.6. The van der Waals surface area contributed by atoms with E-state index in [-0.39, 0.29) is 43.0 Å². The number of hydrogen-bond acceptors (Lipinski definition) is 7. The molecule has 2 aromatic carbocycles. The lowest BCUT2D eigenvalue weighted by molar-refractivity contribution is -0.130. The molecule has 1 fully saturated rings. The molecule has 1 aliphatic rings. The van der Waals surface area contributed by atoms with Gasteiger partial charge in [-0.1, -0.05) is 18.2 Å². The van der Waals surface area contributed by atoms with Gasteiger partial charge in [0, 0.05) is 47.6 Å². The number of hydrogen-bond donors (Lipinski definition) is 3. The Kier molecular flexibility index (Phi) is 7.55. The number of carbonyl (C=O) groups is 3. The van der Waals surface area contributed by atoms with Crippen LogP contribution in [-0.2, 0) is 11.4 Å². The largest absolute Gasteiger partial charge is 0.489 e. The number of benzene rings is 2. The van der Waals surface area contributed by atoms with E-state index in [0.717, 1.165) is 22.2 Å². The summed E-state index contributed by atoms with van der Waals surface area (Å²) >= 11 is 0. The number of amides is 3. The summed E-state index contributed by atoms with van der Waals surface area (Å²) in [5.41, 5.74) is 4.87. The number of rotatable bonds is 8. The lowest BCUT2D eigenvalue weighted by Gasteiger charge is -2.19. The minimum atomic E-state index is -0.592. The van der Waals surface area contributed by atoms with Crippen LogP contribution in [-0.4, -0.2) is 51.9 Å². The van der Waals surface area contributed by atoms with Crippen molar-refractivity contribution < 1.29 is 28.7 Å². The molecule has 2 aromatic heterocycles. The summed E-state index contributed by atoms with van der Waals surface area (Å²) in [6.45, 7) is 2.73. The highest BCUT2D eigenvalue weighted by Crippen LogP contribution is 2.24. The lowest BCUT2D eigenvalue weighted by Crippen LogP contribution is -2.42. The molecule has 0 radical (unpaired) electrons. The standard InChI is InChI=1S/C29H28N4O6/c1-18-13-21(23-5-2-3-6-24(23)30-18)17-39-22-10-8-19(9-11-22)28(35)31-25-16-33(15-20(25)14-27(34)32-37)29(36)26-7-4-12-38-26/h2-13,20,25,37H,14-17H2,1H3,(H,31,35)(H,32,34)/t20-,25+/m0/s1. The molecule has 10 heteroatoms. The fourth-order valence-corrected chi connectivity index (χ4v) is 4.88. The fraction of sp³-hybridized carbons (Fsp3) is 0.241. The third-order valence-corrected chi connectivity index (χ3v) is 6.79. The number of likely N-dealkylation sites (tertiary alicyclic amines) is 1. The molecular formula is C29H28N4O6. The highest BCUT2D eigenvalue weighted by Gasteiger charge is 2.38. The zero-order chi connectivity index (χ0) is 27.4. The average Bonchev–Trinajstić information content (AvgIpc) is 3.62. The maximum Gasteiger partial charge on any atom is 0.289 e. The van der Waals surface area contributed by atoms with Gasteiger partial charge in [-0.3, -0.25) is 24.6 Å². The van der Waals surface area contributed by atoms with Gasteiger partial charge < -0.3 is 19.4 Å². The first-order valence-corrected chi connectivity index (χ1v) is 12.6. The van der Waals surface area contributed by atoms with Crippen LogP contribution in [0.3, 0.4) is 0 Å². The molecule has 200 valence electrons. The number of hydroxylamine groups is 1. The Balaban J connectivity index is 1.23. The second kappa shape index (κ2) is 11.4. The second-order valence-corrected chi connectivity index (χ2v) is 9.52. The number of pyridine rings is 1. The van der Waals surface area contributed by atoms with E-state index < -0.39 is 11.9 Å². The van der Waals surface area contributed by atoms with E-state index in [1.165, 1.54) is 11.2 Å². The number of fused-ring (bicyclic) bond motifs is 1. The van der Waals surface area contributed by atoms with Crippen LogP contribution in [0.1, 0.15) is 38.6 Å². The summed E-state index contributed by atoms with van der Waals surface area (Å²) in [5.74, 6) is -0.864. The molecule has 1 aliphatic heterocycles. The minimum absolute atomic E-state index is 0.0562. The summed E-state index contributed by atoms with van der Waals surface area (Å²) in [5, 5.41) is 12.9. The first-order chi connectivity index (χ1) is 18.9. The van der Waals surface area contributed by atoms with Gasteiger partial charge in [-0.2, -0.15) is 0 Å². The van der Waals surface area contributed by atoms with E-state index in [1.807, 2.05) is 37.3 Å². The molecule has 0 saturated carbocycles. The van der Waals surface area contributed by atoms with Crippen LogP contribution in [0.15, 0.2) is 77.4 Å². The number of ether oxygens (including phenoxy) is 1. The van der Waals surface area contributed by atoms with Crippen molar-refractivity contribution in [2.45, 2.75) is 26.0 Å². The molecule has 10 nitrogen and oxygen atoms in total. The molecule has 0 spiro atoms. The monoisotopic (exact) mass is 528 g/mol. The SMILES string of the molecule is Cc1cc(COc2ccc(C(=O)N[C@@H]3CN(C(=O)c4ccco4)C[C@@H]3CC(=O)NO)cc2)c2ccccc2n1. The normalized spacial score (nSPS) is 16.7. The van der Waals surface area contributed by atoms with Crippen LogP contribution in [0.2, 0.25) is 0 Å². The summed E-state index contributed by atoms with van der Waals surface area (Å²) in [6, 6.07) is 19.4. The summed E-state index contributed by atoms with van der Waals surface area (Å²) < 4.78 is 11.2. The van der Waals surface area contributed by atoms with Gasteiger partial charge in [-0.25, -0.2) is 5.48 Å². The van der Waals surface area contributed by atoms with Crippen molar-refractivity contribution in [3.63, 3.8) is 0 Å². The molecule has 39 heavy (non-hydrogen) atoms. The van der Waals surface area contributed by atoms with Gasteiger partial charge in [0.15, 0.2) is 5.76 Å². The molecule has 1 saturated heterocycles. The van der Waals surface area contributed by atoms with Gasteiger partial charge >= 0.3 is 0 Å². The summed E-state index contributed by atoms with van der Waals surface area (Å²) in [7, 11) is 0. The van der Waals surface area contributed by atoms with Gasteiger partial charge in [0.25, 0.3) is 11.8 Å². The molecule has 0 aliphatic carbocycles. The third kappa shape index (κ3) is 5.91. The molecule has 3 amide bonds. The number of carbonyl (C=O) groups excluding carboxylic acids is 3. The summed E-state index contributed by atoms with van der Waals surface area (Å²) in [6.07, 6.45) is 1.35. The first kappa shape index (κ1) is 25.9.